The second-order valence-electron chi connectivity index (χ2n) is 6.42. The molecular weight excluding hydrogens is 308 g/mol. The summed E-state index contributed by atoms with van der Waals surface area (Å²) in [5.74, 6) is -0.806. The Morgan fingerprint density at radius 3 is 1.58 bits per heavy atom. The van der Waals surface area contributed by atoms with Crippen LogP contribution in [-0.2, 0) is 19.1 Å². The lowest BCUT2D eigenvalue weighted by Gasteiger charge is -2.21. The Morgan fingerprint density at radius 1 is 0.792 bits per heavy atom. The van der Waals surface area contributed by atoms with E-state index < -0.39 is 6.10 Å². The Labute approximate surface area is 147 Å². The third kappa shape index (κ3) is 9.26. The van der Waals surface area contributed by atoms with Crippen molar-refractivity contribution in [3.8, 4) is 0 Å². The van der Waals surface area contributed by atoms with Crippen LogP contribution in [0.4, 0.5) is 0 Å². The monoisotopic (exact) mass is 344 g/mol. The standard InChI is InChI=1S/C19H36O5/c1-5-9-15(10-6-2)18(21)23-14-17(13-20)24-19(22)16(11-7-3)12-8-4/h15-17,20H,5-14H2,1-4H3. The molecule has 24 heavy (non-hydrogen) atoms. The lowest BCUT2D eigenvalue weighted by Crippen LogP contribution is -2.32. The van der Waals surface area contributed by atoms with Gasteiger partial charge in [-0.25, -0.2) is 0 Å². The van der Waals surface area contributed by atoms with Gasteiger partial charge in [-0.2, -0.15) is 0 Å². The average molecular weight is 344 g/mol. The molecule has 0 aromatic carbocycles. The summed E-state index contributed by atoms with van der Waals surface area (Å²) in [6, 6.07) is 0. The highest BCUT2D eigenvalue weighted by atomic mass is 16.6. The Morgan fingerprint density at radius 2 is 1.21 bits per heavy atom. The van der Waals surface area contributed by atoms with Gasteiger partial charge in [0.05, 0.1) is 18.4 Å². The van der Waals surface area contributed by atoms with Crippen molar-refractivity contribution in [1.82, 2.24) is 0 Å². The van der Waals surface area contributed by atoms with Gasteiger partial charge in [0.25, 0.3) is 0 Å². The average Bonchev–Trinajstić information content (AvgIpc) is 2.57. The van der Waals surface area contributed by atoms with Gasteiger partial charge in [-0.15, -0.1) is 0 Å². The first-order valence-corrected chi connectivity index (χ1v) is 9.51. The Kier molecular flexibility index (Phi) is 13.6. The Balaban J connectivity index is 4.48. The number of ether oxygens (including phenoxy) is 2. The minimum atomic E-state index is -0.776. The lowest BCUT2D eigenvalue weighted by atomic mass is 9.98. The molecule has 0 radical (unpaired) electrons. The van der Waals surface area contributed by atoms with Gasteiger partial charge in [-0.05, 0) is 25.7 Å². The van der Waals surface area contributed by atoms with Gasteiger partial charge in [0, 0.05) is 0 Å². The molecule has 0 heterocycles. The van der Waals surface area contributed by atoms with Crippen LogP contribution in [-0.4, -0.2) is 36.4 Å². The summed E-state index contributed by atoms with van der Waals surface area (Å²) in [6.07, 6.45) is 6.04. The van der Waals surface area contributed by atoms with Gasteiger partial charge < -0.3 is 14.6 Å². The molecule has 0 amide bonds. The van der Waals surface area contributed by atoms with E-state index in [2.05, 4.69) is 0 Å². The van der Waals surface area contributed by atoms with E-state index in [9.17, 15) is 14.7 Å². The van der Waals surface area contributed by atoms with E-state index in [4.69, 9.17) is 9.47 Å². The molecule has 1 atom stereocenters. The summed E-state index contributed by atoms with van der Waals surface area (Å²) < 4.78 is 10.6. The summed E-state index contributed by atoms with van der Waals surface area (Å²) >= 11 is 0. The maximum Gasteiger partial charge on any atom is 0.309 e. The number of hydrogen-bond acceptors (Lipinski definition) is 5. The van der Waals surface area contributed by atoms with E-state index in [0.29, 0.717) is 0 Å². The van der Waals surface area contributed by atoms with Gasteiger partial charge in [-0.3, -0.25) is 9.59 Å². The normalized spacial score (nSPS) is 12.5. The summed E-state index contributed by atoms with van der Waals surface area (Å²) in [5.41, 5.74) is 0. The summed E-state index contributed by atoms with van der Waals surface area (Å²) in [5, 5.41) is 9.41. The fraction of sp³-hybridized carbons (Fsp3) is 0.895. The maximum absolute atomic E-state index is 12.2. The highest BCUT2D eigenvalue weighted by Crippen LogP contribution is 2.18. The first-order chi connectivity index (χ1) is 11.5. The topological polar surface area (TPSA) is 72.8 Å². The van der Waals surface area contributed by atoms with Crippen LogP contribution in [0.1, 0.15) is 79.1 Å². The summed E-state index contributed by atoms with van der Waals surface area (Å²) in [7, 11) is 0. The third-order valence-corrected chi connectivity index (χ3v) is 4.11. The maximum atomic E-state index is 12.2. The molecule has 0 fully saturated rings. The molecule has 0 aromatic heterocycles. The molecule has 0 aliphatic rings. The van der Waals surface area contributed by atoms with Gasteiger partial charge in [0.15, 0.2) is 6.10 Å². The zero-order valence-electron chi connectivity index (χ0n) is 15.9. The molecule has 5 nitrogen and oxygen atoms in total. The number of aliphatic hydroxyl groups is 1. The van der Waals surface area contributed by atoms with Crippen LogP contribution in [0.2, 0.25) is 0 Å². The molecule has 142 valence electrons. The molecule has 0 spiro atoms. The molecule has 0 bridgehead atoms. The highest BCUT2D eigenvalue weighted by Gasteiger charge is 2.24. The molecule has 0 aliphatic carbocycles. The van der Waals surface area contributed by atoms with Crippen LogP contribution in [0.3, 0.4) is 0 Å². The first-order valence-electron chi connectivity index (χ1n) is 9.51. The lowest BCUT2D eigenvalue weighted by molar-refractivity contribution is -0.167. The van der Waals surface area contributed by atoms with Gasteiger partial charge in [0.2, 0.25) is 0 Å². The highest BCUT2D eigenvalue weighted by molar-refractivity contribution is 5.73. The Hall–Kier alpha value is -1.10. The summed E-state index contributed by atoms with van der Waals surface area (Å²) in [4.78, 5) is 24.3. The van der Waals surface area contributed by atoms with Crippen LogP contribution >= 0.6 is 0 Å². The molecule has 0 aromatic rings. The predicted octanol–water partition coefficient (Wildman–Crippen LogP) is 3.87. The number of carbonyl (C=O) groups is 2. The molecule has 0 saturated heterocycles. The second-order valence-corrected chi connectivity index (χ2v) is 6.42. The van der Waals surface area contributed by atoms with E-state index in [-0.39, 0.29) is 37.0 Å². The van der Waals surface area contributed by atoms with Crippen LogP contribution in [0.25, 0.3) is 0 Å². The van der Waals surface area contributed by atoms with Crippen LogP contribution in [0.15, 0.2) is 0 Å². The molecule has 0 saturated carbocycles. The van der Waals surface area contributed by atoms with Gasteiger partial charge in [0.1, 0.15) is 6.61 Å². The van der Waals surface area contributed by atoms with Crippen LogP contribution < -0.4 is 0 Å². The van der Waals surface area contributed by atoms with E-state index >= 15 is 0 Å². The van der Waals surface area contributed by atoms with Gasteiger partial charge >= 0.3 is 11.9 Å². The molecule has 5 heteroatoms. The van der Waals surface area contributed by atoms with Crippen molar-refractivity contribution in [2.75, 3.05) is 13.2 Å². The van der Waals surface area contributed by atoms with E-state index in [1.807, 2.05) is 27.7 Å². The fourth-order valence-electron chi connectivity index (χ4n) is 2.83. The largest absolute Gasteiger partial charge is 0.461 e. The van der Waals surface area contributed by atoms with Crippen molar-refractivity contribution < 1.29 is 24.2 Å². The molecule has 1 N–H and O–H groups in total. The Bertz CT molecular complexity index is 331. The SMILES string of the molecule is CCCC(CCC)C(=O)OCC(CO)OC(=O)C(CCC)CCC. The minimum Gasteiger partial charge on any atom is -0.461 e. The van der Waals surface area contributed by atoms with Crippen molar-refractivity contribution in [3.63, 3.8) is 0 Å². The van der Waals surface area contributed by atoms with Crippen LogP contribution in [0.5, 0.6) is 0 Å². The first kappa shape index (κ1) is 22.9. The second kappa shape index (κ2) is 14.3. The zero-order chi connectivity index (χ0) is 18.4. The van der Waals surface area contributed by atoms with Crippen molar-refractivity contribution >= 4 is 11.9 Å². The van der Waals surface area contributed by atoms with Crippen molar-refractivity contribution in [2.45, 2.75) is 85.2 Å². The van der Waals surface area contributed by atoms with Crippen molar-refractivity contribution in [2.24, 2.45) is 11.8 Å². The molecule has 1 unspecified atom stereocenters. The van der Waals surface area contributed by atoms with Crippen LogP contribution in [0, 0.1) is 11.8 Å². The zero-order valence-corrected chi connectivity index (χ0v) is 15.9. The molecular formula is C19H36O5. The smallest absolute Gasteiger partial charge is 0.309 e. The van der Waals surface area contributed by atoms with E-state index in [1.165, 1.54) is 0 Å². The van der Waals surface area contributed by atoms with E-state index in [0.717, 1.165) is 51.4 Å². The fourth-order valence-corrected chi connectivity index (χ4v) is 2.83. The number of hydrogen-bond donors (Lipinski definition) is 1. The molecule has 0 aliphatic heterocycles. The van der Waals surface area contributed by atoms with Crippen molar-refractivity contribution in [3.05, 3.63) is 0 Å². The quantitative estimate of drug-likeness (QED) is 0.484. The van der Waals surface area contributed by atoms with Gasteiger partial charge in [-0.1, -0.05) is 53.4 Å². The summed E-state index contributed by atoms with van der Waals surface area (Å²) in [6.45, 7) is 7.73. The predicted molar refractivity (Wildman–Crippen MR) is 94.5 cm³/mol. The number of rotatable bonds is 14. The number of carbonyl (C=O) groups excluding carboxylic acids is 2. The number of esters is 2. The minimum absolute atomic E-state index is 0.0734. The van der Waals surface area contributed by atoms with E-state index in [1.54, 1.807) is 0 Å². The van der Waals surface area contributed by atoms with Crippen molar-refractivity contribution in [1.29, 1.82) is 0 Å². The molecule has 0 rings (SSSR count). The number of aliphatic hydroxyl groups excluding tert-OH is 1. The third-order valence-electron chi connectivity index (χ3n) is 4.11.